The SMILES string of the molecule is CCOc1ccccc1-c1csc(NC(=O)COc2cccc(C(C)C)c2)n1. The van der Waals surface area contributed by atoms with Crippen LogP contribution in [0.5, 0.6) is 11.5 Å². The third-order valence-electron chi connectivity index (χ3n) is 4.11. The van der Waals surface area contributed by atoms with Gasteiger partial charge in [0.2, 0.25) is 0 Å². The molecule has 1 aromatic heterocycles. The fraction of sp³-hybridized carbons (Fsp3) is 0.273. The van der Waals surface area contributed by atoms with Crippen molar-refractivity contribution < 1.29 is 14.3 Å². The minimum atomic E-state index is -0.242. The van der Waals surface area contributed by atoms with Gasteiger partial charge in [0.25, 0.3) is 5.91 Å². The number of rotatable bonds is 8. The first kappa shape index (κ1) is 19.9. The summed E-state index contributed by atoms with van der Waals surface area (Å²) in [5.41, 5.74) is 2.85. The van der Waals surface area contributed by atoms with Crippen LogP contribution in [-0.4, -0.2) is 24.1 Å². The van der Waals surface area contributed by atoms with Crippen molar-refractivity contribution in [3.8, 4) is 22.8 Å². The predicted octanol–water partition coefficient (Wildman–Crippen LogP) is 5.35. The minimum Gasteiger partial charge on any atom is -0.493 e. The third kappa shape index (κ3) is 5.10. The second-order valence-electron chi connectivity index (χ2n) is 6.53. The quantitative estimate of drug-likeness (QED) is 0.558. The molecule has 0 aliphatic carbocycles. The fourth-order valence-electron chi connectivity index (χ4n) is 2.68. The Bertz CT molecular complexity index is 937. The maximum absolute atomic E-state index is 12.2. The van der Waals surface area contributed by atoms with E-state index in [1.54, 1.807) is 0 Å². The van der Waals surface area contributed by atoms with Gasteiger partial charge in [0.15, 0.2) is 11.7 Å². The van der Waals surface area contributed by atoms with Gasteiger partial charge in [-0.25, -0.2) is 4.98 Å². The number of nitrogens with one attached hydrogen (secondary N) is 1. The molecule has 0 atom stereocenters. The van der Waals surface area contributed by atoms with Crippen molar-refractivity contribution in [3.63, 3.8) is 0 Å². The molecular formula is C22H24N2O3S. The second-order valence-corrected chi connectivity index (χ2v) is 7.39. The molecule has 5 nitrogen and oxygen atoms in total. The van der Waals surface area contributed by atoms with E-state index in [-0.39, 0.29) is 12.5 Å². The number of aromatic nitrogens is 1. The molecule has 0 spiro atoms. The van der Waals surface area contributed by atoms with Crippen molar-refractivity contribution in [1.82, 2.24) is 4.98 Å². The van der Waals surface area contributed by atoms with Crippen molar-refractivity contribution in [2.24, 2.45) is 0 Å². The average molecular weight is 397 g/mol. The van der Waals surface area contributed by atoms with Gasteiger partial charge >= 0.3 is 0 Å². The molecule has 0 saturated carbocycles. The average Bonchev–Trinajstić information content (AvgIpc) is 3.15. The van der Waals surface area contributed by atoms with Crippen LogP contribution in [0.25, 0.3) is 11.3 Å². The highest BCUT2D eigenvalue weighted by Crippen LogP contribution is 2.32. The van der Waals surface area contributed by atoms with E-state index in [4.69, 9.17) is 9.47 Å². The molecule has 1 amide bonds. The van der Waals surface area contributed by atoms with Crippen LogP contribution in [0.15, 0.2) is 53.9 Å². The van der Waals surface area contributed by atoms with Crippen molar-refractivity contribution in [3.05, 3.63) is 59.5 Å². The number of carbonyl (C=O) groups is 1. The lowest BCUT2D eigenvalue weighted by molar-refractivity contribution is -0.118. The molecule has 1 heterocycles. The molecule has 6 heteroatoms. The summed E-state index contributed by atoms with van der Waals surface area (Å²) in [6.07, 6.45) is 0. The summed E-state index contributed by atoms with van der Waals surface area (Å²) in [5.74, 6) is 1.63. The number of nitrogens with zero attached hydrogens (tertiary/aromatic N) is 1. The summed E-state index contributed by atoms with van der Waals surface area (Å²) in [6, 6.07) is 15.5. The van der Waals surface area contributed by atoms with E-state index >= 15 is 0 Å². The van der Waals surface area contributed by atoms with Crippen molar-refractivity contribution in [2.45, 2.75) is 26.7 Å². The van der Waals surface area contributed by atoms with E-state index < -0.39 is 0 Å². The first-order chi connectivity index (χ1) is 13.6. The topological polar surface area (TPSA) is 60.5 Å². The van der Waals surface area contributed by atoms with E-state index in [0.717, 1.165) is 17.0 Å². The van der Waals surface area contributed by atoms with Gasteiger partial charge in [-0.05, 0) is 42.7 Å². The van der Waals surface area contributed by atoms with E-state index in [1.807, 2.05) is 54.8 Å². The Morgan fingerprint density at radius 2 is 1.96 bits per heavy atom. The summed E-state index contributed by atoms with van der Waals surface area (Å²) in [5, 5.41) is 5.23. The first-order valence-electron chi connectivity index (χ1n) is 9.27. The largest absolute Gasteiger partial charge is 0.493 e. The number of para-hydroxylation sites is 1. The lowest BCUT2D eigenvalue weighted by atomic mass is 10.0. The maximum atomic E-state index is 12.2. The number of hydrogen-bond acceptors (Lipinski definition) is 5. The van der Waals surface area contributed by atoms with Crippen LogP contribution in [0.1, 0.15) is 32.3 Å². The van der Waals surface area contributed by atoms with Gasteiger partial charge in [-0.1, -0.05) is 38.1 Å². The Morgan fingerprint density at radius 3 is 2.75 bits per heavy atom. The molecule has 0 aliphatic rings. The van der Waals surface area contributed by atoms with Gasteiger partial charge in [0.05, 0.1) is 12.3 Å². The summed E-state index contributed by atoms with van der Waals surface area (Å²) in [6.45, 7) is 6.71. The number of hydrogen-bond donors (Lipinski definition) is 1. The van der Waals surface area contributed by atoms with Gasteiger partial charge in [0.1, 0.15) is 11.5 Å². The number of thiazole rings is 1. The molecule has 0 saturated heterocycles. The Labute approximate surface area is 169 Å². The van der Waals surface area contributed by atoms with Crippen molar-refractivity contribution in [1.29, 1.82) is 0 Å². The molecule has 3 aromatic rings. The van der Waals surface area contributed by atoms with E-state index in [9.17, 15) is 4.79 Å². The number of amides is 1. The third-order valence-corrected chi connectivity index (χ3v) is 4.87. The van der Waals surface area contributed by atoms with E-state index in [0.29, 0.717) is 23.4 Å². The zero-order chi connectivity index (χ0) is 19.9. The van der Waals surface area contributed by atoms with Crippen LogP contribution >= 0.6 is 11.3 Å². The molecule has 2 aromatic carbocycles. The van der Waals surface area contributed by atoms with Crippen LogP contribution in [-0.2, 0) is 4.79 Å². The lowest BCUT2D eigenvalue weighted by Gasteiger charge is -2.09. The molecule has 3 rings (SSSR count). The predicted molar refractivity (Wildman–Crippen MR) is 113 cm³/mol. The molecular weight excluding hydrogens is 372 g/mol. The summed E-state index contributed by atoms with van der Waals surface area (Å²) in [7, 11) is 0. The van der Waals surface area contributed by atoms with Gasteiger partial charge in [-0.2, -0.15) is 0 Å². The van der Waals surface area contributed by atoms with Crippen LogP contribution in [0.3, 0.4) is 0 Å². The van der Waals surface area contributed by atoms with Gasteiger partial charge in [-0.15, -0.1) is 11.3 Å². The van der Waals surface area contributed by atoms with Crippen molar-refractivity contribution in [2.75, 3.05) is 18.5 Å². The Balaban J connectivity index is 1.61. The fourth-order valence-corrected chi connectivity index (χ4v) is 3.41. The Morgan fingerprint density at radius 1 is 1.14 bits per heavy atom. The highest BCUT2D eigenvalue weighted by Gasteiger charge is 2.12. The molecule has 0 aliphatic heterocycles. The zero-order valence-corrected chi connectivity index (χ0v) is 17.1. The zero-order valence-electron chi connectivity index (χ0n) is 16.3. The number of ether oxygens (including phenoxy) is 2. The highest BCUT2D eigenvalue weighted by molar-refractivity contribution is 7.14. The van der Waals surface area contributed by atoms with Gasteiger partial charge in [0, 0.05) is 10.9 Å². The minimum absolute atomic E-state index is 0.0635. The van der Waals surface area contributed by atoms with Crippen molar-refractivity contribution >= 4 is 22.4 Å². The van der Waals surface area contributed by atoms with E-state index in [2.05, 4.69) is 30.2 Å². The highest BCUT2D eigenvalue weighted by atomic mass is 32.1. The number of carbonyl (C=O) groups excluding carboxylic acids is 1. The number of benzene rings is 2. The van der Waals surface area contributed by atoms with E-state index in [1.165, 1.54) is 16.9 Å². The first-order valence-corrected chi connectivity index (χ1v) is 10.1. The van der Waals surface area contributed by atoms with Gasteiger partial charge in [-0.3, -0.25) is 10.1 Å². The Kier molecular flexibility index (Phi) is 6.66. The lowest BCUT2D eigenvalue weighted by Crippen LogP contribution is -2.20. The number of anilines is 1. The van der Waals surface area contributed by atoms with Gasteiger partial charge < -0.3 is 9.47 Å². The molecule has 28 heavy (non-hydrogen) atoms. The summed E-state index contributed by atoms with van der Waals surface area (Å²) >= 11 is 1.37. The van der Waals surface area contributed by atoms with Crippen LogP contribution < -0.4 is 14.8 Å². The maximum Gasteiger partial charge on any atom is 0.264 e. The normalized spacial score (nSPS) is 10.7. The van der Waals surface area contributed by atoms with Crippen LogP contribution in [0.4, 0.5) is 5.13 Å². The molecule has 1 N–H and O–H groups in total. The molecule has 0 radical (unpaired) electrons. The summed E-state index contributed by atoms with van der Waals surface area (Å²) < 4.78 is 11.3. The second kappa shape index (κ2) is 9.37. The molecule has 0 fully saturated rings. The summed E-state index contributed by atoms with van der Waals surface area (Å²) in [4.78, 5) is 16.7. The molecule has 146 valence electrons. The Hall–Kier alpha value is -2.86. The molecule has 0 bridgehead atoms. The standard InChI is InChI=1S/C22H24N2O3S/c1-4-26-20-11-6-5-10-18(20)19-14-28-22(23-19)24-21(25)13-27-17-9-7-8-16(12-17)15(2)3/h5-12,14-15H,4,13H2,1-3H3,(H,23,24,25). The van der Waals surface area contributed by atoms with Crippen LogP contribution in [0.2, 0.25) is 0 Å². The van der Waals surface area contributed by atoms with Crippen LogP contribution in [0, 0.1) is 0 Å². The monoisotopic (exact) mass is 396 g/mol. The smallest absolute Gasteiger partial charge is 0.264 e. The molecule has 0 unspecified atom stereocenters.